The van der Waals surface area contributed by atoms with E-state index in [0.717, 1.165) is 19.5 Å². The van der Waals surface area contributed by atoms with Crippen molar-refractivity contribution in [3.05, 3.63) is 12.7 Å². The van der Waals surface area contributed by atoms with Crippen LogP contribution in [0.1, 0.15) is 32.1 Å². The van der Waals surface area contributed by atoms with Crippen LogP contribution in [0.2, 0.25) is 0 Å². The number of nitrogens with one attached hydrogen (secondary N) is 1. The van der Waals surface area contributed by atoms with E-state index in [9.17, 15) is 0 Å². The summed E-state index contributed by atoms with van der Waals surface area (Å²) in [5.74, 6) is 0. The highest BCUT2D eigenvalue weighted by atomic mass is 16.3. The monoisotopic (exact) mass is 171 g/mol. The second kappa shape index (κ2) is 10.7. The van der Waals surface area contributed by atoms with Gasteiger partial charge in [-0.2, -0.15) is 0 Å². The third-order valence-corrected chi connectivity index (χ3v) is 1.80. The Hall–Kier alpha value is -0.340. The highest BCUT2D eigenvalue weighted by Crippen LogP contribution is 2.01. The number of hydrogen-bond acceptors (Lipinski definition) is 2. The molecular formula is C10H21NO. The van der Waals surface area contributed by atoms with E-state index < -0.39 is 0 Å². The van der Waals surface area contributed by atoms with Gasteiger partial charge in [0, 0.05) is 6.54 Å². The van der Waals surface area contributed by atoms with E-state index in [0.29, 0.717) is 0 Å². The van der Waals surface area contributed by atoms with Gasteiger partial charge in [0.15, 0.2) is 0 Å². The van der Waals surface area contributed by atoms with Crippen LogP contribution in [0.3, 0.4) is 0 Å². The fourth-order valence-electron chi connectivity index (χ4n) is 1.10. The van der Waals surface area contributed by atoms with E-state index in [-0.39, 0.29) is 6.61 Å². The summed E-state index contributed by atoms with van der Waals surface area (Å²) in [6, 6.07) is 0. The number of allylic oxidation sites excluding steroid dienone is 1. The molecular weight excluding hydrogens is 150 g/mol. The van der Waals surface area contributed by atoms with Gasteiger partial charge in [-0.05, 0) is 25.8 Å². The minimum Gasteiger partial charge on any atom is -0.395 e. The van der Waals surface area contributed by atoms with Crippen LogP contribution in [0.25, 0.3) is 0 Å². The van der Waals surface area contributed by atoms with Gasteiger partial charge in [-0.25, -0.2) is 0 Å². The van der Waals surface area contributed by atoms with Gasteiger partial charge in [0.2, 0.25) is 0 Å². The van der Waals surface area contributed by atoms with Gasteiger partial charge in [-0.3, -0.25) is 0 Å². The SMILES string of the molecule is C=CCCCCCCNCCO. The summed E-state index contributed by atoms with van der Waals surface area (Å²) in [4.78, 5) is 0. The third-order valence-electron chi connectivity index (χ3n) is 1.80. The second-order valence-electron chi connectivity index (χ2n) is 2.97. The molecule has 2 nitrogen and oxygen atoms in total. The smallest absolute Gasteiger partial charge is 0.0555 e. The predicted molar refractivity (Wildman–Crippen MR) is 53.2 cm³/mol. The van der Waals surface area contributed by atoms with Crippen molar-refractivity contribution in [2.45, 2.75) is 32.1 Å². The Morgan fingerprint density at radius 3 is 2.50 bits per heavy atom. The van der Waals surface area contributed by atoms with Crippen molar-refractivity contribution in [2.24, 2.45) is 0 Å². The molecule has 0 unspecified atom stereocenters. The molecule has 0 fully saturated rings. The Morgan fingerprint density at radius 1 is 1.08 bits per heavy atom. The Bertz CT molecular complexity index is 93.8. The zero-order valence-corrected chi connectivity index (χ0v) is 7.89. The van der Waals surface area contributed by atoms with Crippen LogP contribution >= 0.6 is 0 Å². The normalized spacial score (nSPS) is 10.1. The quantitative estimate of drug-likeness (QED) is 0.409. The predicted octanol–water partition coefficient (Wildman–Crippen LogP) is 1.70. The van der Waals surface area contributed by atoms with Crippen LogP contribution in [-0.4, -0.2) is 24.8 Å². The van der Waals surface area contributed by atoms with E-state index in [1.165, 1.54) is 25.7 Å². The standard InChI is InChI=1S/C10H21NO/c1-2-3-4-5-6-7-8-11-9-10-12/h2,11-12H,1,3-10H2. The molecule has 0 spiro atoms. The lowest BCUT2D eigenvalue weighted by molar-refractivity contribution is 0.292. The minimum absolute atomic E-state index is 0.246. The van der Waals surface area contributed by atoms with Gasteiger partial charge < -0.3 is 10.4 Å². The molecule has 72 valence electrons. The van der Waals surface area contributed by atoms with Crippen molar-refractivity contribution in [1.29, 1.82) is 0 Å². The molecule has 0 aliphatic heterocycles. The zero-order valence-electron chi connectivity index (χ0n) is 7.89. The number of aliphatic hydroxyl groups excluding tert-OH is 1. The molecule has 0 aliphatic rings. The van der Waals surface area contributed by atoms with Crippen molar-refractivity contribution in [3.8, 4) is 0 Å². The van der Waals surface area contributed by atoms with Crippen LogP contribution in [0, 0.1) is 0 Å². The number of hydrogen-bond donors (Lipinski definition) is 2. The van der Waals surface area contributed by atoms with E-state index in [2.05, 4.69) is 11.9 Å². The summed E-state index contributed by atoms with van der Waals surface area (Å²) < 4.78 is 0. The lowest BCUT2D eigenvalue weighted by atomic mass is 10.1. The molecule has 2 N–H and O–H groups in total. The van der Waals surface area contributed by atoms with Crippen molar-refractivity contribution in [2.75, 3.05) is 19.7 Å². The summed E-state index contributed by atoms with van der Waals surface area (Å²) in [7, 11) is 0. The third kappa shape index (κ3) is 9.66. The maximum absolute atomic E-state index is 8.47. The first-order valence-electron chi connectivity index (χ1n) is 4.84. The maximum atomic E-state index is 8.47. The first-order valence-corrected chi connectivity index (χ1v) is 4.84. The molecule has 0 amide bonds. The lowest BCUT2D eigenvalue weighted by Crippen LogP contribution is -2.19. The molecule has 0 aromatic heterocycles. The zero-order chi connectivity index (χ0) is 9.07. The van der Waals surface area contributed by atoms with E-state index >= 15 is 0 Å². The minimum atomic E-state index is 0.246. The summed E-state index contributed by atoms with van der Waals surface area (Å²) >= 11 is 0. The topological polar surface area (TPSA) is 32.3 Å². The Labute approximate surface area is 75.7 Å². The van der Waals surface area contributed by atoms with Crippen LogP contribution in [0.4, 0.5) is 0 Å². The molecule has 0 saturated carbocycles. The first kappa shape index (κ1) is 11.7. The second-order valence-corrected chi connectivity index (χ2v) is 2.97. The van der Waals surface area contributed by atoms with Crippen molar-refractivity contribution in [3.63, 3.8) is 0 Å². The number of unbranched alkanes of at least 4 members (excludes halogenated alkanes) is 4. The first-order chi connectivity index (χ1) is 5.91. The molecule has 0 aliphatic carbocycles. The van der Waals surface area contributed by atoms with Crippen LogP contribution in [0.5, 0.6) is 0 Å². The molecule has 12 heavy (non-hydrogen) atoms. The van der Waals surface area contributed by atoms with Gasteiger partial charge in [0.25, 0.3) is 0 Å². The Morgan fingerprint density at radius 2 is 1.83 bits per heavy atom. The highest BCUT2D eigenvalue weighted by molar-refractivity contribution is 4.65. The van der Waals surface area contributed by atoms with Gasteiger partial charge in [0.1, 0.15) is 0 Å². The van der Waals surface area contributed by atoms with E-state index in [1.54, 1.807) is 0 Å². The summed E-state index contributed by atoms with van der Waals surface area (Å²) in [5.41, 5.74) is 0. The molecule has 0 heterocycles. The molecule has 0 aromatic carbocycles. The fraction of sp³-hybridized carbons (Fsp3) is 0.800. The van der Waals surface area contributed by atoms with Crippen LogP contribution < -0.4 is 5.32 Å². The van der Waals surface area contributed by atoms with Gasteiger partial charge in [0.05, 0.1) is 6.61 Å². The summed E-state index contributed by atoms with van der Waals surface area (Å²) in [6.45, 7) is 5.69. The Kier molecular flexibility index (Phi) is 10.4. The fourth-order valence-corrected chi connectivity index (χ4v) is 1.10. The van der Waals surface area contributed by atoms with Crippen molar-refractivity contribution in [1.82, 2.24) is 5.32 Å². The number of aliphatic hydroxyl groups is 1. The molecule has 0 bridgehead atoms. The molecule has 0 atom stereocenters. The molecule has 0 rings (SSSR count). The highest BCUT2D eigenvalue weighted by Gasteiger charge is 1.88. The van der Waals surface area contributed by atoms with Crippen LogP contribution in [0.15, 0.2) is 12.7 Å². The van der Waals surface area contributed by atoms with Gasteiger partial charge in [-0.1, -0.05) is 18.9 Å². The molecule has 0 radical (unpaired) electrons. The largest absolute Gasteiger partial charge is 0.395 e. The maximum Gasteiger partial charge on any atom is 0.0555 e. The molecule has 2 heteroatoms. The van der Waals surface area contributed by atoms with E-state index in [1.807, 2.05) is 6.08 Å². The lowest BCUT2D eigenvalue weighted by Gasteiger charge is -2.01. The van der Waals surface area contributed by atoms with Crippen molar-refractivity contribution >= 4 is 0 Å². The average molecular weight is 171 g/mol. The van der Waals surface area contributed by atoms with Crippen LogP contribution in [-0.2, 0) is 0 Å². The molecule has 0 aromatic rings. The van der Waals surface area contributed by atoms with E-state index in [4.69, 9.17) is 5.11 Å². The Balaban J connectivity index is 2.77. The summed E-state index contributed by atoms with van der Waals surface area (Å²) in [6.07, 6.45) is 8.19. The molecule has 0 saturated heterocycles. The average Bonchev–Trinajstić information content (AvgIpc) is 2.10. The summed E-state index contributed by atoms with van der Waals surface area (Å²) in [5, 5.41) is 11.6. The number of rotatable bonds is 9. The van der Waals surface area contributed by atoms with Gasteiger partial charge >= 0.3 is 0 Å². The van der Waals surface area contributed by atoms with Gasteiger partial charge in [-0.15, -0.1) is 6.58 Å². The van der Waals surface area contributed by atoms with Crippen molar-refractivity contribution < 1.29 is 5.11 Å².